The number of alkyl halides is 3. The van der Waals surface area contributed by atoms with Crippen LogP contribution in [-0.4, -0.2) is 25.6 Å². The fraction of sp³-hybridized carbons (Fsp3) is 0.350. The number of halogens is 3. The Morgan fingerprint density at radius 3 is 2.72 bits per heavy atom. The first-order chi connectivity index (χ1) is 13.8. The highest BCUT2D eigenvalue weighted by Crippen LogP contribution is 2.28. The lowest BCUT2D eigenvalue weighted by Gasteiger charge is -2.21. The van der Waals surface area contributed by atoms with Crippen LogP contribution in [0.15, 0.2) is 41.1 Å². The number of rotatable bonds is 5. The van der Waals surface area contributed by atoms with Gasteiger partial charge < -0.3 is 9.32 Å². The molecule has 0 saturated carbocycles. The number of fused-ring (bicyclic) bond motifs is 1. The molecule has 0 bridgehead atoms. The Labute approximate surface area is 164 Å². The van der Waals surface area contributed by atoms with Gasteiger partial charge in [-0.15, -0.1) is 0 Å². The quantitative estimate of drug-likeness (QED) is 0.650. The topological polar surface area (TPSA) is 64.2 Å². The van der Waals surface area contributed by atoms with E-state index in [4.69, 9.17) is 4.42 Å². The van der Waals surface area contributed by atoms with Gasteiger partial charge in [-0.2, -0.15) is 18.3 Å². The minimum absolute atomic E-state index is 0.0807. The summed E-state index contributed by atoms with van der Waals surface area (Å²) in [6.07, 6.45) is 0.823. The second kappa shape index (κ2) is 7.38. The van der Waals surface area contributed by atoms with Crippen molar-refractivity contribution >= 4 is 5.91 Å². The summed E-state index contributed by atoms with van der Waals surface area (Å²) in [6.45, 7) is 0.419. The molecule has 0 fully saturated rings. The monoisotopic (exact) mass is 404 g/mol. The number of nitrogens with zero attached hydrogens (tertiary/aromatic N) is 4. The summed E-state index contributed by atoms with van der Waals surface area (Å²) in [5.41, 5.74) is 2.17. The first-order valence-electron chi connectivity index (χ1n) is 9.21. The maximum atomic E-state index is 13.1. The van der Waals surface area contributed by atoms with Crippen molar-refractivity contribution in [2.45, 2.75) is 38.5 Å². The minimum Gasteiger partial charge on any atom is -0.467 e. The Bertz CT molecular complexity index is 1010. The van der Waals surface area contributed by atoms with Crippen molar-refractivity contribution in [1.82, 2.24) is 19.7 Å². The van der Waals surface area contributed by atoms with Crippen LogP contribution in [0.5, 0.6) is 0 Å². The molecule has 0 spiro atoms. The van der Waals surface area contributed by atoms with Gasteiger partial charge in [-0.25, -0.2) is 0 Å². The Balaban J connectivity index is 1.62. The van der Waals surface area contributed by atoms with Crippen LogP contribution in [0.25, 0.3) is 0 Å². The van der Waals surface area contributed by atoms with Gasteiger partial charge in [0.2, 0.25) is 0 Å². The summed E-state index contributed by atoms with van der Waals surface area (Å²) in [7, 11) is 1.88. The molecule has 152 valence electrons. The number of furan rings is 1. The van der Waals surface area contributed by atoms with Crippen molar-refractivity contribution in [2.24, 2.45) is 7.05 Å². The number of hydrogen-bond donors (Lipinski definition) is 0. The average molecular weight is 404 g/mol. The van der Waals surface area contributed by atoms with Crippen LogP contribution in [0, 0.1) is 0 Å². The smallest absolute Gasteiger partial charge is 0.433 e. The molecule has 1 aliphatic rings. The van der Waals surface area contributed by atoms with Gasteiger partial charge in [0.1, 0.15) is 11.5 Å². The van der Waals surface area contributed by atoms with Crippen LogP contribution in [0.1, 0.15) is 45.2 Å². The van der Waals surface area contributed by atoms with E-state index in [2.05, 4.69) is 10.1 Å². The van der Waals surface area contributed by atoms with Gasteiger partial charge in [0.25, 0.3) is 5.91 Å². The van der Waals surface area contributed by atoms with E-state index in [9.17, 15) is 18.0 Å². The van der Waals surface area contributed by atoms with Crippen molar-refractivity contribution in [3.8, 4) is 0 Å². The molecule has 3 aromatic rings. The number of carbonyl (C=O) groups is 1. The van der Waals surface area contributed by atoms with Crippen LogP contribution in [0.3, 0.4) is 0 Å². The zero-order chi connectivity index (χ0) is 20.6. The van der Waals surface area contributed by atoms with E-state index < -0.39 is 17.8 Å². The number of amides is 1. The van der Waals surface area contributed by atoms with E-state index in [1.54, 1.807) is 12.1 Å². The third kappa shape index (κ3) is 3.90. The Kier molecular flexibility index (Phi) is 4.89. The lowest BCUT2D eigenvalue weighted by Crippen LogP contribution is -2.30. The molecule has 3 aromatic heterocycles. The standard InChI is InChI=1S/C20H19F3N4O2/c1-26-17-6-2-5-15(17)16(25-26)12-27(11-14-4-3-9-29-14)19(28)13-7-8-18(24-10-13)20(21,22)23/h3-4,7-10H,2,5-6,11-12H2,1H3. The highest BCUT2D eigenvalue weighted by Gasteiger charge is 2.32. The number of hydrogen-bond acceptors (Lipinski definition) is 4. The van der Waals surface area contributed by atoms with Gasteiger partial charge in [-0.3, -0.25) is 14.5 Å². The summed E-state index contributed by atoms with van der Waals surface area (Å²) in [4.78, 5) is 18.0. The molecule has 0 unspecified atom stereocenters. The average Bonchev–Trinajstić information content (AvgIpc) is 3.41. The molecule has 0 aliphatic heterocycles. The van der Waals surface area contributed by atoms with E-state index >= 15 is 0 Å². The van der Waals surface area contributed by atoms with Crippen LogP contribution < -0.4 is 0 Å². The maximum Gasteiger partial charge on any atom is 0.433 e. The first-order valence-corrected chi connectivity index (χ1v) is 9.21. The molecular weight excluding hydrogens is 385 g/mol. The number of aromatic nitrogens is 3. The van der Waals surface area contributed by atoms with Crippen molar-refractivity contribution in [1.29, 1.82) is 0 Å². The van der Waals surface area contributed by atoms with Gasteiger partial charge in [0.05, 0.1) is 30.6 Å². The Hall–Kier alpha value is -3.10. The van der Waals surface area contributed by atoms with E-state index in [0.29, 0.717) is 5.76 Å². The molecule has 0 aromatic carbocycles. The van der Waals surface area contributed by atoms with Gasteiger partial charge in [0, 0.05) is 18.9 Å². The fourth-order valence-corrected chi connectivity index (χ4v) is 3.67. The summed E-state index contributed by atoms with van der Waals surface area (Å²) in [5, 5.41) is 4.55. The van der Waals surface area contributed by atoms with Crippen molar-refractivity contribution in [2.75, 3.05) is 0 Å². The molecule has 9 heteroatoms. The van der Waals surface area contributed by atoms with Crippen LogP contribution in [0.4, 0.5) is 13.2 Å². The fourth-order valence-electron chi connectivity index (χ4n) is 3.67. The zero-order valence-electron chi connectivity index (χ0n) is 15.7. The van der Waals surface area contributed by atoms with Crippen molar-refractivity contribution < 1.29 is 22.4 Å². The van der Waals surface area contributed by atoms with Gasteiger partial charge >= 0.3 is 6.18 Å². The molecule has 1 aliphatic carbocycles. The first kappa shape index (κ1) is 19.2. The molecule has 0 saturated heterocycles. The summed E-state index contributed by atoms with van der Waals surface area (Å²) >= 11 is 0. The Morgan fingerprint density at radius 1 is 1.24 bits per heavy atom. The lowest BCUT2D eigenvalue weighted by atomic mass is 10.1. The summed E-state index contributed by atoms with van der Waals surface area (Å²) < 4.78 is 45.5. The van der Waals surface area contributed by atoms with Gasteiger partial charge in [-0.05, 0) is 49.1 Å². The SMILES string of the molecule is Cn1nc(CN(Cc2ccco2)C(=O)c2ccc(C(F)(F)F)nc2)c2c1CCC2. The third-order valence-electron chi connectivity index (χ3n) is 5.05. The highest BCUT2D eigenvalue weighted by molar-refractivity contribution is 5.93. The molecule has 0 N–H and O–H groups in total. The maximum absolute atomic E-state index is 13.1. The van der Waals surface area contributed by atoms with E-state index in [1.807, 2.05) is 11.7 Å². The Morgan fingerprint density at radius 2 is 2.07 bits per heavy atom. The molecule has 29 heavy (non-hydrogen) atoms. The number of pyridine rings is 1. The lowest BCUT2D eigenvalue weighted by molar-refractivity contribution is -0.141. The molecule has 0 atom stereocenters. The summed E-state index contributed by atoms with van der Waals surface area (Å²) in [6, 6.07) is 5.43. The van der Waals surface area contributed by atoms with E-state index in [0.717, 1.165) is 48.8 Å². The van der Waals surface area contributed by atoms with E-state index in [-0.39, 0.29) is 18.7 Å². The van der Waals surface area contributed by atoms with Crippen LogP contribution >= 0.6 is 0 Å². The largest absolute Gasteiger partial charge is 0.467 e. The second-order valence-corrected chi connectivity index (χ2v) is 7.02. The molecular formula is C20H19F3N4O2. The summed E-state index contributed by atoms with van der Waals surface area (Å²) in [5.74, 6) is 0.144. The molecule has 3 heterocycles. The second-order valence-electron chi connectivity index (χ2n) is 7.02. The highest BCUT2D eigenvalue weighted by atomic mass is 19.4. The predicted octanol–water partition coefficient (Wildman–Crippen LogP) is 3.76. The third-order valence-corrected chi connectivity index (χ3v) is 5.05. The molecule has 4 rings (SSSR count). The zero-order valence-corrected chi connectivity index (χ0v) is 15.7. The van der Waals surface area contributed by atoms with Crippen LogP contribution in [0.2, 0.25) is 0 Å². The van der Waals surface area contributed by atoms with Crippen molar-refractivity contribution in [3.63, 3.8) is 0 Å². The minimum atomic E-state index is -4.55. The number of aryl methyl sites for hydroxylation is 1. The molecule has 1 amide bonds. The van der Waals surface area contributed by atoms with Gasteiger partial charge in [0.15, 0.2) is 0 Å². The van der Waals surface area contributed by atoms with Crippen molar-refractivity contribution in [3.05, 3.63) is 70.7 Å². The normalized spacial score (nSPS) is 13.5. The number of carbonyl (C=O) groups excluding carboxylic acids is 1. The predicted molar refractivity (Wildman–Crippen MR) is 96.8 cm³/mol. The van der Waals surface area contributed by atoms with Gasteiger partial charge in [-0.1, -0.05) is 0 Å². The molecule has 6 nitrogen and oxygen atoms in total. The van der Waals surface area contributed by atoms with Crippen LogP contribution in [-0.2, 0) is 39.2 Å². The van der Waals surface area contributed by atoms with E-state index in [1.165, 1.54) is 16.9 Å². The molecule has 0 radical (unpaired) electrons.